The highest BCUT2D eigenvalue weighted by atomic mass is 15.0. The molecule has 2 aromatic rings. The zero-order valence-corrected chi connectivity index (χ0v) is 9.96. The molecule has 1 unspecified atom stereocenters. The molecule has 0 amide bonds. The molecule has 5 nitrogen and oxygen atoms in total. The SMILES string of the molecule is CCNC(c1cncnc1)c1ncc(C)cn1. The minimum Gasteiger partial charge on any atom is -0.304 e. The van der Waals surface area contributed by atoms with Crippen molar-refractivity contribution in [2.45, 2.75) is 19.9 Å². The van der Waals surface area contributed by atoms with E-state index in [1.165, 1.54) is 6.33 Å². The Bertz CT molecular complexity index is 454. The molecule has 1 N–H and O–H groups in total. The molecule has 1 atom stereocenters. The van der Waals surface area contributed by atoms with Crippen molar-refractivity contribution in [3.05, 3.63) is 48.1 Å². The third kappa shape index (κ3) is 2.82. The van der Waals surface area contributed by atoms with E-state index in [4.69, 9.17) is 0 Å². The van der Waals surface area contributed by atoms with Crippen molar-refractivity contribution in [1.29, 1.82) is 0 Å². The number of rotatable bonds is 4. The summed E-state index contributed by atoms with van der Waals surface area (Å²) in [4.78, 5) is 16.7. The van der Waals surface area contributed by atoms with E-state index < -0.39 is 0 Å². The van der Waals surface area contributed by atoms with Gasteiger partial charge in [-0.1, -0.05) is 6.92 Å². The molecule has 0 radical (unpaired) electrons. The van der Waals surface area contributed by atoms with Crippen LogP contribution in [0.4, 0.5) is 0 Å². The van der Waals surface area contributed by atoms with Crippen LogP contribution in [0.15, 0.2) is 31.1 Å². The first kappa shape index (κ1) is 11.6. The molecule has 5 heteroatoms. The average molecular weight is 229 g/mol. The molecule has 0 aliphatic rings. The van der Waals surface area contributed by atoms with Gasteiger partial charge in [-0.2, -0.15) is 0 Å². The lowest BCUT2D eigenvalue weighted by Gasteiger charge is -2.15. The predicted molar refractivity (Wildman–Crippen MR) is 64.3 cm³/mol. The van der Waals surface area contributed by atoms with E-state index in [1.807, 2.05) is 26.2 Å². The van der Waals surface area contributed by atoms with E-state index in [0.717, 1.165) is 23.5 Å². The molecule has 2 aromatic heterocycles. The van der Waals surface area contributed by atoms with Crippen LogP contribution < -0.4 is 5.32 Å². The first-order valence-corrected chi connectivity index (χ1v) is 5.58. The Morgan fingerprint density at radius 1 is 1.12 bits per heavy atom. The monoisotopic (exact) mass is 229 g/mol. The summed E-state index contributed by atoms with van der Waals surface area (Å²) < 4.78 is 0. The molecule has 0 spiro atoms. The molecule has 0 fully saturated rings. The largest absolute Gasteiger partial charge is 0.304 e. The summed E-state index contributed by atoms with van der Waals surface area (Å²) in [6.45, 7) is 4.85. The summed E-state index contributed by atoms with van der Waals surface area (Å²) >= 11 is 0. The third-order valence-corrected chi connectivity index (χ3v) is 2.38. The van der Waals surface area contributed by atoms with E-state index in [0.29, 0.717) is 0 Å². The van der Waals surface area contributed by atoms with Crippen LogP contribution in [0, 0.1) is 6.92 Å². The van der Waals surface area contributed by atoms with Crippen molar-refractivity contribution in [2.75, 3.05) is 6.54 Å². The second-order valence-corrected chi connectivity index (χ2v) is 3.78. The number of nitrogens with one attached hydrogen (secondary N) is 1. The molecule has 0 bridgehead atoms. The van der Waals surface area contributed by atoms with Crippen molar-refractivity contribution in [2.24, 2.45) is 0 Å². The molecule has 0 aliphatic heterocycles. The molecule has 0 saturated carbocycles. The standard InChI is InChI=1S/C12H15N5/c1-3-15-11(10-6-13-8-14-7-10)12-16-4-9(2)5-17-12/h4-8,11,15H,3H2,1-2H3. The smallest absolute Gasteiger partial charge is 0.149 e. The maximum Gasteiger partial charge on any atom is 0.149 e. The van der Waals surface area contributed by atoms with Crippen LogP contribution in [0.2, 0.25) is 0 Å². The Labute approximate surface area is 100 Å². The summed E-state index contributed by atoms with van der Waals surface area (Å²) in [5.74, 6) is 0.743. The molecular formula is C12H15N5. The number of aromatic nitrogens is 4. The number of aryl methyl sites for hydroxylation is 1. The zero-order chi connectivity index (χ0) is 12.1. The minimum atomic E-state index is -0.0539. The quantitative estimate of drug-likeness (QED) is 0.855. The highest BCUT2D eigenvalue weighted by molar-refractivity contribution is 5.19. The lowest BCUT2D eigenvalue weighted by molar-refractivity contribution is 0.592. The molecule has 88 valence electrons. The first-order chi connectivity index (χ1) is 8.31. The third-order valence-electron chi connectivity index (χ3n) is 2.38. The fourth-order valence-corrected chi connectivity index (χ4v) is 1.57. The Hall–Kier alpha value is -1.88. The maximum absolute atomic E-state index is 4.34. The van der Waals surface area contributed by atoms with Crippen molar-refractivity contribution < 1.29 is 0 Å². The summed E-state index contributed by atoms with van der Waals surface area (Å²) in [5, 5.41) is 3.33. The van der Waals surface area contributed by atoms with Gasteiger partial charge >= 0.3 is 0 Å². The fraction of sp³-hybridized carbons (Fsp3) is 0.333. The minimum absolute atomic E-state index is 0.0539. The van der Waals surface area contributed by atoms with Gasteiger partial charge in [0.2, 0.25) is 0 Å². The highest BCUT2D eigenvalue weighted by Gasteiger charge is 2.15. The predicted octanol–water partition coefficient (Wildman–Crippen LogP) is 1.27. The Balaban J connectivity index is 2.32. The van der Waals surface area contributed by atoms with Crippen molar-refractivity contribution in [1.82, 2.24) is 25.3 Å². The molecule has 2 rings (SSSR count). The van der Waals surface area contributed by atoms with Gasteiger partial charge in [0, 0.05) is 30.4 Å². The fourth-order valence-electron chi connectivity index (χ4n) is 1.57. The molecule has 0 aromatic carbocycles. The van der Waals surface area contributed by atoms with E-state index in [-0.39, 0.29) is 6.04 Å². The van der Waals surface area contributed by atoms with Crippen LogP contribution in [0.5, 0.6) is 0 Å². The van der Waals surface area contributed by atoms with Gasteiger partial charge < -0.3 is 5.32 Å². The number of hydrogen-bond acceptors (Lipinski definition) is 5. The summed E-state index contributed by atoms with van der Waals surface area (Å²) in [6.07, 6.45) is 8.71. The van der Waals surface area contributed by atoms with E-state index in [9.17, 15) is 0 Å². The van der Waals surface area contributed by atoms with Gasteiger partial charge in [-0.15, -0.1) is 0 Å². The van der Waals surface area contributed by atoms with Gasteiger partial charge in [0.1, 0.15) is 12.2 Å². The zero-order valence-electron chi connectivity index (χ0n) is 9.96. The summed E-state index contributed by atoms with van der Waals surface area (Å²) in [6, 6.07) is -0.0539. The Kier molecular flexibility index (Phi) is 3.72. The van der Waals surface area contributed by atoms with Crippen molar-refractivity contribution >= 4 is 0 Å². The van der Waals surface area contributed by atoms with E-state index in [2.05, 4.69) is 25.3 Å². The Morgan fingerprint density at radius 2 is 1.76 bits per heavy atom. The molecule has 0 aliphatic carbocycles. The number of nitrogens with zero attached hydrogens (tertiary/aromatic N) is 4. The topological polar surface area (TPSA) is 63.6 Å². The van der Waals surface area contributed by atoms with Gasteiger partial charge in [0.05, 0.1) is 6.04 Å². The van der Waals surface area contributed by atoms with Crippen molar-refractivity contribution in [3.8, 4) is 0 Å². The lowest BCUT2D eigenvalue weighted by atomic mass is 10.1. The van der Waals surface area contributed by atoms with E-state index in [1.54, 1.807) is 12.4 Å². The van der Waals surface area contributed by atoms with Gasteiger partial charge in [-0.3, -0.25) is 0 Å². The second-order valence-electron chi connectivity index (χ2n) is 3.78. The molecule has 0 saturated heterocycles. The van der Waals surface area contributed by atoms with Crippen molar-refractivity contribution in [3.63, 3.8) is 0 Å². The van der Waals surface area contributed by atoms with Crippen LogP contribution >= 0.6 is 0 Å². The Morgan fingerprint density at radius 3 is 2.35 bits per heavy atom. The van der Waals surface area contributed by atoms with Gasteiger partial charge in [-0.05, 0) is 19.0 Å². The van der Waals surface area contributed by atoms with Crippen LogP contribution in [0.25, 0.3) is 0 Å². The van der Waals surface area contributed by atoms with Crippen LogP contribution in [0.1, 0.15) is 29.9 Å². The average Bonchev–Trinajstić information content (AvgIpc) is 2.38. The van der Waals surface area contributed by atoms with Crippen LogP contribution in [-0.4, -0.2) is 26.5 Å². The summed E-state index contributed by atoms with van der Waals surface area (Å²) in [7, 11) is 0. The van der Waals surface area contributed by atoms with Crippen LogP contribution in [-0.2, 0) is 0 Å². The van der Waals surface area contributed by atoms with Crippen LogP contribution in [0.3, 0.4) is 0 Å². The highest BCUT2D eigenvalue weighted by Crippen LogP contribution is 2.16. The lowest BCUT2D eigenvalue weighted by Crippen LogP contribution is -2.24. The maximum atomic E-state index is 4.34. The summed E-state index contributed by atoms with van der Waals surface area (Å²) in [5.41, 5.74) is 2.02. The van der Waals surface area contributed by atoms with E-state index >= 15 is 0 Å². The molecular weight excluding hydrogens is 214 g/mol. The second kappa shape index (κ2) is 5.45. The number of hydrogen-bond donors (Lipinski definition) is 1. The van der Waals surface area contributed by atoms with Gasteiger partial charge in [0.25, 0.3) is 0 Å². The molecule has 17 heavy (non-hydrogen) atoms. The molecule has 2 heterocycles. The normalized spacial score (nSPS) is 12.4. The van der Waals surface area contributed by atoms with Gasteiger partial charge in [-0.25, -0.2) is 19.9 Å². The van der Waals surface area contributed by atoms with Gasteiger partial charge in [0.15, 0.2) is 0 Å². The first-order valence-electron chi connectivity index (χ1n) is 5.58.